The molecule has 0 spiro atoms. The summed E-state index contributed by atoms with van der Waals surface area (Å²) in [5.41, 5.74) is 0.803. The third-order valence-corrected chi connectivity index (χ3v) is 3.13. The minimum atomic E-state index is -5.00. The molecule has 0 atom stereocenters. The van der Waals surface area contributed by atoms with Gasteiger partial charge in [0.05, 0.1) is 11.1 Å². The van der Waals surface area contributed by atoms with E-state index in [4.69, 9.17) is 5.73 Å². The van der Waals surface area contributed by atoms with Gasteiger partial charge in [-0.3, -0.25) is 4.79 Å². The Morgan fingerprint density at radius 1 is 1.00 bits per heavy atom. The quantitative estimate of drug-likeness (QED) is 0.586. The average molecular weight is 383 g/mol. The fourth-order valence-electron chi connectivity index (χ4n) is 1.18. The second kappa shape index (κ2) is 4.59. The molecule has 2 nitrogen and oxygen atoms in total. The van der Waals surface area contributed by atoms with E-state index in [1.165, 1.54) is 0 Å². The van der Waals surface area contributed by atoms with Crippen molar-refractivity contribution in [3.63, 3.8) is 0 Å². The first-order chi connectivity index (χ1) is 7.94. The van der Waals surface area contributed by atoms with Crippen LogP contribution in [0.3, 0.4) is 0 Å². The van der Waals surface area contributed by atoms with Gasteiger partial charge < -0.3 is 5.73 Å². The second-order valence-corrected chi connectivity index (χ2v) is 4.32. The van der Waals surface area contributed by atoms with Crippen molar-refractivity contribution in [2.75, 3.05) is 0 Å². The van der Waals surface area contributed by atoms with Crippen molar-refractivity contribution in [2.24, 2.45) is 5.73 Å². The first kappa shape index (κ1) is 15.1. The van der Waals surface area contributed by atoms with Crippen molar-refractivity contribution in [3.8, 4) is 0 Å². The largest absolute Gasteiger partial charge is 0.417 e. The lowest BCUT2D eigenvalue weighted by Gasteiger charge is -2.16. The molecule has 0 aliphatic rings. The van der Waals surface area contributed by atoms with E-state index in [1.54, 1.807) is 0 Å². The minimum absolute atomic E-state index is 0.305. The van der Waals surface area contributed by atoms with Crippen molar-refractivity contribution in [1.82, 2.24) is 0 Å². The summed E-state index contributed by atoms with van der Waals surface area (Å²) in [4.78, 5) is 10.8. The molecule has 100 valence electrons. The average Bonchev–Trinajstić information content (AvgIpc) is 2.13. The third-order valence-electron chi connectivity index (χ3n) is 1.97. The fraction of sp³-hybridized carbons (Fsp3) is 0.222. The molecule has 0 aromatic heterocycles. The van der Waals surface area contributed by atoms with Crippen LogP contribution in [0, 0.1) is 3.57 Å². The number of carbonyl (C=O) groups is 1. The molecule has 0 aliphatic heterocycles. The summed E-state index contributed by atoms with van der Waals surface area (Å²) < 4.78 is 74.2. The van der Waals surface area contributed by atoms with Crippen molar-refractivity contribution < 1.29 is 31.1 Å². The van der Waals surface area contributed by atoms with E-state index < -0.39 is 38.5 Å². The number of benzene rings is 1. The van der Waals surface area contributed by atoms with E-state index in [9.17, 15) is 31.1 Å². The van der Waals surface area contributed by atoms with E-state index in [-0.39, 0.29) is 0 Å². The van der Waals surface area contributed by atoms with Gasteiger partial charge in [0, 0.05) is 9.13 Å². The molecule has 0 unspecified atom stereocenters. The maximum Gasteiger partial charge on any atom is 0.417 e. The van der Waals surface area contributed by atoms with Gasteiger partial charge >= 0.3 is 12.4 Å². The normalized spacial score (nSPS) is 12.6. The standard InChI is InChI=1S/C9H4F6INO/c10-8(11,12)4-1-3(7(17)18)2-5(6(4)16)9(13,14)15/h1-2H,(H2,17,18). The molecule has 0 fully saturated rings. The van der Waals surface area contributed by atoms with E-state index in [0.717, 1.165) is 22.6 Å². The summed E-state index contributed by atoms with van der Waals surface area (Å²) >= 11 is 0.939. The van der Waals surface area contributed by atoms with Crippen LogP contribution in [0.25, 0.3) is 0 Å². The van der Waals surface area contributed by atoms with Crippen molar-refractivity contribution in [3.05, 3.63) is 32.4 Å². The Hall–Kier alpha value is -1.00. The van der Waals surface area contributed by atoms with Crippen LogP contribution in [0.4, 0.5) is 26.3 Å². The summed E-state index contributed by atoms with van der Waals surface area (Å²) in [5, 5.41) is 0. The summed E-state index contributed by atoms with van der Waals surface area (Å²) in [5.74, 6) is -1.36. The number of alkyl halides is 6. The Bertz CT molecular complexity index is 458. The lowest BCUT2D eigenvalue weighted by atomic mass is 10.0. The molecule has 0 bridgehead atoms. The second-order valence-electron chi connectivity index (χ2n) is 3.25. The maximum absolute atomic E-state index is 12.5. The zero-order chi connectivity index (χ0) is 14.3. The molecule has 0 saturated heterocycles. The monoisotopic (exact) mass is 383 g/mol. The molecule has 2 N–H and O–H groups in total. The van der Waals surface area contributed by atoms with E-state index in [2.05, 4.69) is 0 Å². The Morgan fingerprint density at radius 3 is 1.56 bits per heavy atom. The first-order valence-electron chi connectivity index (χ1n) is 4.22. The number of hydrogen-bond donors (Lipinski definition) is 1. The molecular formula is C9H4F6INO. The van der Waals surface area contributed by atoms with Crippen molar-refractivity contribution in [2.45, 2.75) is 12.4 Å². The number of halogens is 7. The fourth-order valence-corrected chi connectivity index (χ4v) is 2.10. The SMILES string of the molecule is NC(=O)c1cc(C(F)(F)F)c(I)c(C(F)(F)F)c1. The number of nitrogens with two attached hydrogens (primary N) is 1. The summed E-state index contributed by atoms with van der Waals surface area (Å²) in [6, 6.07) is 0.610. The lowest BCUT2D eigenvalue weighted by molar-refractivity contribution is -0.144. The van der Waals surface area contributed by atoms with Crippen LogP contribution in [0.2, 0.25) is 0 Å². The van der Waals surface area contributed by atoms with Gasteiger partial charge in [0.15, 0.2) is 0 Å². The van der Waals surface area contributed by atoms with Crippen LogP contribution >= 0.6 is 22.6 Å². The van der Waals surface area contributed by atoms with Gasteiger partial charge in [-0.25, -0.2) is 0 Å². The Kier molecular flexibility index (Phi) is 3.84. The predicted octanol–water partition coefficient (Wildman–Crippen LogP) is 3.43. The minimum Gasteiger partial charge on any atom is -0.366 e. The summed E-state index contributed by atoms with van der Waals surface area (Å²) in [6.07, 6.45) is -10.00. The van der Waals surface area contributed by atoms with Gasteiger partial charge in [-0.2, -0.15) is 26.3 Å². The van der Waals surface area contributed by atoms with Crippen LogP contribution in [0.1, 0.15) is 21.5 Å². The van der Waals surface area contributed by atoms with Gasteiger partial charge in [-0.1, -0.05) is 0 Å². The molecule has 0 radical (unpaired) electrons. The Labute approximate surface area is 110 Å². The highest BCUT2D eigenvalue weighted by Gasteiger charge is 2.41. The Morgan fingerprint density at radius 2 is 1.33 bits per heavy atom. The summed E-state index contributed by atoms with van der Waals surface area (Å²) in [7, 11) is 0. The van der Waals surface area contributed by atoms with Gasteiger partial charge in [-0.15, -0.1) is 0 Å². The van der Waals surface area contributed by atoms with E-state index >= 15 is 0 Å². The highest BCUT2D eigenvalue weighted by Crippen LogP contribution is 2.40. The summed E-state index contributed by atoms with van der Waals surface area (Å²) in [6.45, 7) is 0. The molecule has 9 heteroatoms. The Balaban J connectivity index is 3.64. The van der Waals surface area contributed by atoms with Crippen molar-refractivity contribution in [1.29, 1.82) is 0 Å². The number of rotatable bonds is 1. The molecule has 0 heterocycles. The zero-order valence-electron chi connectivity index (χ0n) is 8.29. The van der Waals surface area contributed by atoms with Crippen LogP contribution in [0.15, 0.2) is 12.1 Å². The van der Waals surface area contributed by atoms with E-state index in [0.29, 0.717) is 12.1 Å². The lowest BCUT2D eigenvalue weighted by Crippen LogP contribution is -2.19. The van der Waals surface area contributed by atoms with Gasteiger partial charge in [0.25, 0.3) is 0 Å². The number of carbonyl (C=O) groups excluding carboxylic acids is 1. The molecular weight excluding hydrogens is 379 g/mol. The van der Waals surface area contributed by atoms with Crippen LogP contribution in [-0.4, -0.2) is 5.91 Å². The van der Waals surface area contributed by atoms with Crippen LogP contribution in [-0.2, 0) is 12.4 Å². The predicted molar refractivity (Wildman–Crippen MR) is 57.7 cm³/mol. The molecule has 1 rings (SSSR count). The molecule has 1 aromatic carbocycles. The van der Waals surface area contributed by atoms with Crippen LogP contribution in [0.5, 0.6) is 0 Å². The first-order valence-corrected chi connectivity index (χ1v) is 5.30. The van der Waals surface area contributed by atoms with Crippen molar-refractivity contribution >= 4 is 28.5 Å². The molecule has 18 heavy (non-hydrogen) atoms. The molecule has 0 saturated carbocycles. The highest BCUT2D eigenvalue weighted by atomic mass is 127. The highest BCUT2D eigenvalue weighted by molar-refractivity contribution is 14.1. The van der Waals surface area contributed by atoms with Gasteiger partial charge in [0.1, 0.15) is 0 Å². The number of amides is 1. The number of hydrogen-bond acceptors (Lipinski definition) is 1. The van der Waals surface area contributed by atoms with Crippen LogP contribution < -0.4 is 5.73 Å². The van der Waals surface area contributed by atoms with Gasteiger partial charge in [0.2, 0.25) is 5.91 Å². The molecule has 1 amide bonds. The molecule has 0 aliphatic carbocycles. The van der Waals surface area contributed by atoms with E-state index in [1.807, 2.05) is 0 Å². The zero-order valence-corrected chi connectivity index (χ0v) is 10.4. The topological polar surface area (TPSA) is 43.1 Å². The third kappa shape index (κ3) is 3.06. The number of primary amides is 1. The van der Waals surface area contributed by atoms with Gasteiger partial charge in [-0.05, 0) is 34.7 Å². The smallest absolute Gasteiger partial charge is 0.366 e. The maximum atomic E-state index is 12.5. The molecule has 1 aromatic rings.